The molecule has 1 N–H and O–H groups in total. The second-order valence-electron chi connectivity index (χ2n) is 3.34. The summed E-state index contributed by atoms with van der Waals surface area (Å²) in [7, 11) is 0. The van der Waals surface area contributed by atoms with Gasteiger partial charge in [-0.1, -0.05) is 22.0 Å². The Kier molecular flexibility index (Phi) is 3.05. The van der Waals surface area contributed by atoms with Gasteiger partial charge in [-0.3, -0.25) is 4.79 Å². The number of rotatable bonds is 3. The number of nitrogens with zero attached hydrogens (tertiary/aromatic N) is 2. The van der Waals surface area contributed by atoms with E-state index in [-0.39, 0.29) is 6.42 Å². The zero-order chi connectivity index (χ0) is 11.5. The van der Waals surface area contributed by atoms with Gasteiger partial charge in [-0.15, -0.1) is 0 Å². The second-order valence-corrected chi connectivity index (χ2v) is 4.26. The summed E-state index contributed by atoms with van der Waals surface area (Å²) in [5.41, 5.74) is 1.58. The van der Waals surface area contributed by atoms with Crippen LogP contribution in [0.3, 0.4) is 0 Å². The van der Waals surface area contributed by atoms with Gasteiger partial charge in [0.2, 0.25) is 0 Å². The Morgan fingerprint density at radius 2 is 2.31 bits per heavy atom. The highest BCUT2D eigenvalue weighted by Gasteiger charge is 2.04. The molecule has 1 aromatic heterocycles. The van der Waals surface area contributed by atoms with E-state index in [9.17, 15) is 4.79 Å². The van der Waals surface area contributed by atoms with Crippen molar-refractivity contribution in [2.24, 2.45) is 0 Å². The first-order chi connectivity index (χ1) is 7.65. The average Bonchev–Trinajstić information content (AvgIpc) is 2.65. The summed E-state index contributed by atoms with van der Waals surface area (Å²) < 4.78 is 2.61. The lowest BCUT2D eigenvalue weighted by atomic mass is 10.2. The van der Waals surface area contributed by atoms with Gasteiger partial charge >= 0.3 is 5.97 Å². The number of halogens is 1. The molecule has 82 valence electrons. The zero-order valence-electron chi connectivity index (χ0n) is 8.30. The fraction of sp³-hybridized carbons (Fsp3) is 0.0909. The van der Waals surface area contributed by atoms with Crippen molar-refractivity contribution in [1.82, 2.24) is 9.78 Å². The minimum Gasteiger partial charge on any atom is -0.481 e. The highest BCUT2D eigenvalue weighted by atomic mass is 79.9. The largest absolute Gasteiger partial charge is 0.481 e. The van der Waals surface area contributed by atoms with E-state index < -0.39 is 5.97 Å². The lowest BCUT2D eigenvalue weighted by Crippen LogP contribution is -1.98. The molecule has 0 radical (unpaired) electrons. The molecule has 0 aliphatic rings. The van der Waals surface area contributed by atoms with Crippen LogP contribution in [0.5, 0.6) is 0 Å². The number of carboxylic acids is 1. The Bertz CT molecular complexity index is 522. The normalized spacial score (nSPS) is 10.3. The Morgan fingerprint density at radius 1 is 1.50 bits per heavy atom. The number of carboxylic acid groups (broad SMARTS) is 1. The van der Waals surface area contributed by atoms with E-state index in [1.54, 1.807) is 17.1 Å². The number of aromatic nitrogens is 2. The van der Waals surface area contributed by atoms with Crippen molar-refractivity contribution in [2.45, 2.75) is 6.42 Å². The minimum atomic E-state index is -0.853. The molecule has 5 heteroatoms. The molecule has 0 aliphatic heterocycles. The minimum absolute atomic E-state index is 0.00595. The lowest BCUT2D eigenvalue weighted by molar-refractivity contribution is -0.136. The van der Waals surface area contributed by atoms with Gasteiger partial charge < -0.3 is 5.11 Å². The fourth-order valence-corrected chi connectivity index (χ4v) is 1.77. The SMILES string of the molecule is O=C(O)Cc1cnn(-c2cccc(Br)c2)c1. The van der Waals surface area contributed by atoms with Crippen molar-refractivity contribution >= 4 is 21.9 Å². The molecular formula is C11H9BrN2O2. The van der Waals surface area contributed by atoms with Crippen molar-refractivity contribution in [3.8, 4) is 5.69 Å². The Balaban J connectivity index is 2.28. The molecule has 0 saturated heterocycles. The maximum Gasteiger partial charge on any atom is 0.307 e. The van der Waals surface area contributed by atoms with Crippen molar-refractivity contribution in [3.05, 3.63) is 46.7 Å². The third kappa shape index (κ3) is 2.49. The molecule has 0 spiro atoms. The topological polar surface area (TPSA) is 55.1 Å². The van der Waals surface area contributed by atoms with Gasteiger partial charge in [-0.05, 0) is 18.2 Å². The highest BCUT2D eigenvalue weighted by molar-refractivity contribution is 9.10. The monoisotopic (exact) mass is 280 g/mol. The molecule has 0 saturated carbocycles. The number of benzene rings is 1. The first-order valence-corrected chi connectivity index (χ1v) is 5.46. The van der Waals surface area contributed by atoms with Crippen molar-refractivity contribution in [3.63, 3.8) is 0 Å². The predicted octanol–water partition coefficient (Wildman–Crippen LogP) is 2.26. The summed E-state index contributed by atoms with van der Waals surface area (Å²) in [5, 5.41) is 12.8. The maximum absolute atomic E-state index is 10.5. The number of aliphatic carboxylic acids is 1. The molecular weight excluding hydrogens is 272 g/mol. The smallest absolute Gasteiger partial charge is 0.307 e. The summed E-state index contributed by atoms with van der Waals surface area (Å²) in [4.78, 5) is 10.5. The van der Waals surface area contributed by atoms with Crippen LogP contribution < -0.4 is 0 Å². The molecule has 1 aromatic carbocycles. The van der Waals surface area contributed by atoms with Gasteiger partial charge in [0.25, 0.3) is 0 Å². The molecule has 0 unspecified atom stereocenters. The van der Waals surface area contributed by atoms with E-state index in [0.717, 1.165) is 10.2 Å². The summed E-state index contributed by atoms with van der Waals surface area (Å²) >= 11 is 3.37. The molecule has 2 rings (SSSR count). The van der Waals surface area contributed by atoms with Gasteiger partial charge in [0, 0.05) is 16.2 Å². The van der Waals surface area contributed by atoms with E-state index in [0.29, 0.717) is 5.56 Å². The molecule has 1 heterocycles. The molecule has 0 aliphatic carbocycles. The first-order valence-electron chi connectivity index (χ1n) is 4.66. The molecule has 0 atom stereocenters. The second kappa shape index (κ2) is 4.49. The van der Waals surface area contributed by atoms with Gasteiger partial charge in [0.05, 0.1) is 18.3 Å². The van der Waals surface area contributed by atoms with Crippen LogP contribution in [-0.4, -0.2) is 20.9 Å². The van der Waals surface area contributed by atoms with E-state index in [2.05, 4.69) is 21.0 Å². The molecule has 0 fully saturated rings. The standard InChI is InChI=1S/C11H9BrN2O2/c12-9-2-1-3-10(5-9)14-7-8(6-13-14)4-11(15)16/h1-3,5-7H,4H2,(H,15,16). The van der Waals surface area contributed by atoms with Gasteiger partial charge in [0.1, 0.15) is 0 Å². The third-order valence-corrected chi connectivity index (χ3v) is 2.56. The molecule has 4 nitrogen and oxygen atoms in total. The van der Waals surface area contributed by atoms with Crippen LogP contribution in [-0.2, 0) is 11.2 Å². The Hall–Kier alpha value is -1.62. The summed E-state index contributed by atoms with van der Waals surface area (Å²) in [6.45, 7) is 0. The third-order valence-electron chi connectivity index (χ3n) is 2.06. The maximum atomic E-state index is 10.5. The summed E-state index contributed by atoms with van der Waals surface area (Å²) in [6, 6.07) is 7.64. The number of carbonyl (C=O) groups is 1. The number of hydrogen-bond acceptors (Lipinski definition) is 2. The molecule has 0 amide bonds. The van der Waals surface area contributed by atoms with Crippen molar-refractivity contribution in [1.29, 1.82) is 0 Å². The van der Waals surface area contributed by atoms with Crippen LogP contribution in [0.4, 0.5) is 0 Å². The predicted molar refractivity (Wildman–Crippen MR) is 62.6 cm³/mol. The molecule has 0 bridgehead atoms. The summed E-state index contributed by atoms with van der Waals surface area (Å²) in [6.07, 6.45) is 3.28. The zero-order valence-corrected chi connectivity index (χ0v) is 9.89. The molecule has 2 aromatic rings. The average molecular weight is 281 g/mol. The van der Waals surface area contributed by atoms with Crippen LogP contribution >= 0.6 is 15.9 Å². The van der Waals surface area contributed by atoms with Crippen LogP contribution in [0.25, 0.3) is 5.69 Å². The van der Waals surface area contributed by atoms with Crippen LogP contribution in [0, 0.1) is 0 Å². The van der Waals surface area contributed by atoms with Crippen LogP contribution in [0.2, 0.25) is 0 Å². The van der Waals surface area contributed by atoms with Gasteiger partial charge in [-0.25, -0.2) is 4.68 Å². The van der Waals surface area contributed by atoms with Crippen LogP contribution in [0.1, 0.15) is 5.56 Å². The molecule has 16 heavy (non-hydrogen) atoms. The number of hydrogen-bond donors (Lipinski definition) is 1. The Morgan fingerprint density at radius 3 is 3.00 bits per heavy atom. The van der Waals surface area contributed by atoms with Gasteiger partial charge in [-0.2, -0.15) is 5.10 Å². The highest BCUT2D eigenvalue weighted by Crippen LogP contribution is 2.15. The van der Waals surface area contributed by atoms with E-state index in [1.165, 1.54) is 0 Å². The van der Waals surface area contributed by atoms with E-state index in [1.807, 2.05) is 24.3 Å². The van der Waals surface area contributed by atoms with Crippen molar-refractivity contribution < 1.29 is 9.90 Å². The summed E-state index contributed by atoms with van der Waals surface area (Å²) in [5.74, 6) is -0.853. The van der Waals surface area contributed by atoms with Crippen molar-refractivity contribution in [2.75, 3.05) is 0 Å². The van der Waals surface area contributed by atoms with Crippen LogP contribution in [0.15, 0.2) is 41.1 Å². The quantitative estimate of drug-likeness (QED) is 0.938. The van der Waals surface area contributed by atoms with E-state index >= 15 is 0 Å². The first kappa shape index (κ1) is 10.9. The lowest BCUT2D eigenvalue weighted by Gasteiger charge is -2.00. The van der Waals surface area contributed by atoms with Gasteiger partial charge in [0.15, 0.2) is 0 Å². The Labute approximate surface area is 101 Å². The fourth-order valence-electron chi connectivity index (χ4n) is 1.39. The van der Waals surface area contributed by atoms with E-state index in [4.69, 9.17) is 5.11 Å².